The molecule has 0 aliphatic heterocycles. The molecular weight excluding hydrogens is 432 g/mol. The zero-order valence-corrected chi connectivity index (χ0v) is 17.5. The van der Waals surface area contributed by atoms with Crippen molar-refractivity contribution in [2.45, 2.75) is 0 Å². The van der Waals surface area contributed by atoms with Gasteiger partial charge >= 0.3 is 0 Å². The SMILES string of the molecule is Brc1ccc2oc3ccc(-c4ccc5c(c4)-c4cccc6cccc-5c46)cc3c2c1. The van der Waals surface area contributed by atoms with Crippen LogP contribution in [0.15, 0.2) is 99.9 Å². The van der Waals surface area contributed by atoms with Gasteiger partial charge in [0, 0.05) is 15.2 Å². The van der Waals surface area contributed by atoms with Crippen molar-refractivity contribution < 1.29 is 4.42 Å². The monoisotopic (exact) mass is 446 g/mol. The van der Waals surface area contributed by atoms with E-state index in [1.165, 1.54) is 44.2 Å². The largest absolute Gasteiger partial charge is 0.456 e. The Labute approximate surface area is 181 Å². The molecule has 30 heavy (non-hydrogen) atoms. The summed E-state index contributed by atoms with van der Waals surface area (Å²) >= 11 is 3.59. The summed E-state index contributed by atoms with van der Waals surface area (Å²) < 4.78 is 7.09. The van der Waals surface area contributed by atoms with Gasteiger partial charge in [-0.25, -0.2) is 0 Å². The maximum Gasteiger partial charge on any atom is 0.135 e. The molecule has 140 valence electrons. The van der Waals surface area contributed by atoms with Crippen LogP contribution in [-0.4, -0.2) is 0 Å². The Hall–Kier alpha value is -3.36. The summed E-state index contributed by atoms with van der Waals surface area (Å²) in [4.78, 5) is 0. The van der Waals surface area contributed by atoms with Gasteiger partial charge in [-0.3, -0.25) is 0 Å². The summed E-state index contributed by atoms with van der Waals surface area (Å²) in [6.45, 7) is 0. The van der Waals surface area contributed by atoms with Crippen LogP contribution in [-0.2, 0) is 0 Å². The predicted octanol–water partition coefficient (Wildman–Crippen LogP) is 8.82. The molecule has 5 aromatic carbocycles. The van der Waals surface area contributed by atoms with Gasteiger partial charge in [0.1, 0.15) is 11.2 Å². The molecule has 1 aromatic heterocycles. The maximum absolute atomic E-state index is 6.03. The molecule has 1 heterocycles. The van der Waals surface area contributed by atoms with E-state index in [9.17, 15) is 0 Å². The molecule has 0 spiro atoms. The van der Waals surface area contributed by atoms with Crippen molar-refractivity contribution in [2.75, 3.05) is 0 Å². The Balaban J connectivity index is 1.46. The lowest BCUT2D eigenvalue weighted by Gasteiger charge is -2.07. The summed E-state index contributed by atoms with van der Waals surface area (Å²) in [7, 11) is 0. The lowest BCUT2D eigenvalue weighted by atomic mass is 9.96. The number of rotatable bonds is 1. The highest BCUT2D eigenvalue weighted by molar-refractivity contribution is 9.10. The molecule has 0 N–H and O–H groups in total. The average Bonchev–Trinajstić information content (AvgIpc) is 3.30. The second-order valence-electron chi connectivity index (χ2n) is 7.92. The quantitative estimate of drug-likeness (QED) is 0.245. The van der Waals surface area contributed by atoms with Gasteiger partial charge in [-0.1, -0.05) is 70.5 Å². The fourth-order valence-corrected chi connectivity index (χ4v) is 5.26. The molecule has 1 aliphatic carbocycles. The number of benzene rings is 5. The van der Waals surface area contributed by atoms with Crippen molar-refractivity contribution in [1.29, 1.82) is 0 Å². The van der Waals surface area contributed by atoms with E-state index in [2.05, 4.69) is 94.8 Å². The smallest absolute Gasteiger partial charge is 0.135 e. The summed E-state index contributed by atoms with van der Waals surface area (Å²) in [5.74, 6) is 0. The second-order valence-corrected chi connectivity index (χ2v) is 8.84. The van der Waals surface area contributed by atoms with Gasteiger partial charge in [0.25, 0.3) is 0 Å². The van der Waals surface area contributed by atoms with E-state index < -0.39 is 0 Å². The van der Waals surface area contributed by atoms with Gasteiger partial charge < -0.3 is 4.42 Å². The third-order valence-electron chi connectivity index (χ3n) is 6.27. The van der Waals surface area contributed by atoms with E-state index in [4.69, 9.17) is 4.42 Å². The van der Waals surface area contributed by atoms with E-state index in [-0.39, 0.29) is 0 Å². The standard InChI is InChI=1S/C28H15BrO/c29-19-9-12-27-25(15-19)24-14-18(8-11-26(24)30-27)17-7-10-20-21-5-1-3-16-4-2-6-22(28(16)21)23(20)13-17/h1-15H. The highest BCUT2D eigenvalue weighted by Gasteiger charge is 2.21. The first-order valence-electron chi connectivity index (χ1n) is 10.0. The first kappa shape index (κ1) is 16.4. The molecule has 0 fully saturated rings. The van der Waals surface area contributed by atoms with Crippen LogP contribution in [0, 0.1) is 0 Å². The number of hydrogen-bond donors (Lipinski definition) is 0. The van der Waals surface area contributed by atoms with Gasteiger partial charge in [0.15, 0.2) is 0 Å². The third kappa shape index (κ3) is 2.17. The van der Waals surface area contributed by atoms with Crippen molar-refractivity contribution in [1.82, 2.24) is 0 Å². The third-order valence-corrected chi connectivity index (χ3v) is 6.76. The molecular formula is C28H15BrO. The molecule has 0 bridgehead atoms. The zero-order chi connectivity index (χ0) is 19.8. The molecule has 0 saturated carbocycles. The minimum atomic E-state index is 0.918. The van der Waals surface area contributed by atoms with Crippen molar-refractivity contribution in [2.24, 2.45) is 0 Å². The Morgan fingerprint density at radius 3 is 2.03 bits per heavy atom. The van der Waals surface area contributed by atoms with Crippen molar-refractivity contribution >= 4 is 48.6 Å². The molecule has 1 aliphatic rings. The van der Waals surface area contributed by atoms with E-state index in [1.807, 2.05) is 12.1 Å². The average molecular weight is 447 g/mol. The van der Waals surface area contributed by atoms with Crippen LogP contribution in [0.2, 0.25) is 0 Å². The van der Waals surface area contributed by atoms with Gasteiger partial charge in [0.2, 0.25) is 0 Å². The number of fused-ring (bicyclic) bond motifs is 6. The molecule has 2 heteroatoms. The maximum atomic E-state index is 6.03. The second kappa shape index (κ2) is 5.84. The predicted molar refractivity (Wildman–Crippen MR) is 129 cm³/mol. The van der Waals surface area contributed by atoms with Gasteiger partial charge in [-0.05, 0) is 80.6 Å². The first-order chi connectivity index (χ1) is 14.8. The van der Waals surface area contributed by atoms with Crippen LogP contribution in [0.25, 0.3) is 66.1 Å². The lowest BCUT2D eigenvalue weighted by Crippen LogP contribution is -1.82. The molecule has 0 amide bonds. The van der Waals surface area contributed by atoms with Gasteiger partial charge in [0.05, 0.1) is 0 Å². The minimum Gasteiger partial charge on any atom is -0.456 e. The van der Waals surface area contributed by atoms with Gasteiger partial charge in [-0.15, -0.1) is 0 Å². The summed E-state index contributed by atoms with van der Waals surface area (Å²) in [5.41, 5.74) is 9.58. The van der Waals surface area contributed by atoms with E-state index in [0.717, 1.165) is 26.4 Å². The molecule has 0 atom stereocenters. The van der Waals surface area contributed by atoms with E-state index in [0.29, 0.717) is 0 Å². The van der Waals surface area contributed by atoms with Crippen LogP contribution < -0.4 is 0 Å². The summed E-state index contributed by atoms with van der Waals surface area (Å²) in [6.07, 6.45) is 0. The van der Waals surface area contributed by atoms with Crippen molar-refractivity contribution in [3.05, 3.63) is 95.5 Å². The normalized spacial score (nSPS) is 12.2. The van der Waals surface area contributed by atoms with Crippen LogP contribution in [0.1, 0.15) is 0 Å². The fourth-order valence-electron chi connectivity index (χ4n) is 4.90. The van der Waals surface area contributed by atoms with Gasteiger partial charge in [-0.2, -0.15) is 0 Å². The molecule has 0 radical (unpaired) electrons. The molecule has 1 nitrogen and oxygen atoms in total. The number of halogens is 1. The van der Waals surface area contributed by atoms with Crippen molar-refractivity contribution in [3.8, 4) is 33.4 Å². The van der Waals surface area contributed by atoms with Crippen LogP contribution in [0.4, 0.5) is 0 Å². The minimum absolute atomic E-state index is 0.918. The Kier molecular flexibility index (Phi) is 3.20. The van der Waals surface area contributed by atoms with Crippen molar-refractivity contribution in [3.63, 3.8) is 0 Å². The lowest BCUT2D eigenvalue weighted by molar-refractivity contribution is 0.669. The highest BCUT2D eigenvalue weighted by Crippen LogP contribution is 2.48. The number of hydrogen-bond acceptors (Lipinski definition) is 1. The molecule has 6 aromatic rings. The Bertz CT molecular complexity index is 1650. The molecule has 7 rings (SSSR count). The zero-order valence-electron chi connectivity index (χ0n) is 15.9. The van der Waals surface area contributed by atoms with Crippen LogP contribution in [0.3, 0.4) is 0 Å². The van der Waals surface area contributed by atoms with E-state index >= 15 is 0 Å². The Morgan fingerprint density at radius 2 is 1.20 bits per heavy atom. The van der Waals surface area contributed by atoms with Crippen LogP contribution >= 0.6 is 15.9 Å². The highest BCUT2D eigenvalue weighted by atomic mass is 79.9. The summed E-state index contributed by atoms with van der Waals surface area (Å²) in [5, 5.41) is 4.96. The number of furan rings is 1. The molecule has 0 unspecified atom stereocenters. The fraction of sp³-hybridized carbons (Fsp3) is 0. The summed E-state index contributed by atoms with van der Waals surface area (Å²) in [6, 6.07) is 32.7. The Morgan fingerprint density at radius 1 is 0.533 bits per heavy atom. The van der Waals surface area contributed by atoms with E-state index in [1.54, 1.807) is 0 Å². The van der Waals surface area contributed by atoms with Crippen LogP contribution in [0.5, 0.6) is 0 Å². The molecule has 0 saturated heterocycles. The topological polar surface area (TPSA) is 13.1 Å². The first-order valence-corrected chi connectivity index (χ1v) is 10.8.